The normalized spacial score (nSPS) is 11.7. The van der Waals surface area contributed by atoms with Gasteiger partial charge in [0, 0.05) is 4.90 Å². The molecule has 2 aromatic carbocycles. The summed E-state index contributed by atoms with van der Waals surface area (Å²) in [5.74, 6) is 3.39. The van der Waals surface area contributed by atoms with Crippen molar-refractivity contribution < 1.29 is 0 Å². The topological polar surface area (TPSA) is 0 Å². The van der Waals surface area contributed by atoms with Gasteiger partial charge in [-0.3, -0.25) is 0 Å². The number of hydrogen-bond acceptors (Lipinski definition) is 1. The molecule has 0 aliphatic carbocycles. The maximum absolute atomic E-state index is 3.46. The molecule has 21 heavy (non-hydrogen) atoms. The molecule has 0 spiro atoms. The summed E-state index contributed by atoms with van der Waals surface area (Å²) < 4.78 is 0. The van der Waals surface area contributed by atoms with E-state index < -0.39 is 8.07 Å². The third-order valence-corrected chi connectivity index (χ3v) is 4.45. The Kier molecular flexibility index (Phi) is 5.49. The van der Waals surface area contributed by atoms with Crippen molar-refractivity contribution in [1.29, 1.82) is 0 Å². The average Bonchev–Trinajstić information content (AvgIpc) is 2.46. The fourth-order valence-electron chi connectivity index (χ4n) is 1.66. The van der Waals surface area contributed by atoms with E-state index in [-0.39, 0.29) is 0 Å². The molecule has 0 unspecified atom stereocenters. The molecule has 0 saturated carbocycles. The molecule has 106 valence electrons. The van der Waals surface area contributed by atoms with Crippen molar-refractivity contribution >= 4 is 25.9 Å². The molecule has 2 rings (SSSR count). The van der Waals surface area contributed by atoms with Crippen LogP contribution >= 0.6 is 11.8 Å². The van der Waals surface area contributed by atoms with Crippen LogP contribution in [-0.2, 0) is 0 Å². The zero-order chi connectivity index (χ0) is 15.1. The highest BCUT2D eigenvalue weighted by Crippen LogP contribution is 2.27. The van der Waals surface area contributed by atoms with Crippen LogP contribution in [0.15, 0.2) is 70.5 Å². The molecule has 2 aromatic rings. The van der Waals surface area contributed by atoms with Gasteiger partial charge in [0.2, 0.25) is 0 Å². The molecule has 0 N–H and O–H groups in total. The van der Waals surface area contributed by atoms with E-state index in [1.165, 1.54) is 10.5 Å². The molecule has 0 saturated heterocycles. The van der Waals surface area contributed by atoms with Crippen LogP contribution in [0.4, 0.5) is 0 Å². The van der Waals surface area contributed by atoms with Gasteiger partial charge < -0.3 is 0 Å². The number of allylic oxidation sites excluding steroid dienone is 1. The van der Waals surface area contributed by atoms with Gasteiger partial charge in [-0.25, -0.2) is 0 Å². The lowest BCUT2D eigenvalue weighted by molar-refractivity contribution is 1.47. The standard InChI is InChI=1S/C19H20SSi/c1-21(2,3)15-14-19(16-17-10-6-4-7-11-17)20-18-12-8-5-9-13-18/h4-13,16H,1-3H3/b19-16+. The molecule has 0 bridgehead atoms. The summed E-state index contributed by atoms with van der Waals surface area (Å²) in [7, 11) is -1.37. The largest absolute Gasteiger partial charge is 0.129 e. The molecular formula is C19H20SSi. The molecular weight excluding hydrogens is 288 g/mol. The Morgan fingerprint density at radius 1 is 0.905 bits per heavy atom. The molecule has 0 radical (unpaired) electrons. The predicted octanol–water partition coefficient (Wildman–Crippen LogP) is 5.70. The zero-order valence-corrected chi connectivity index (χ0v) is 14.6. The molecule has 2 heteroatoms. The predicted molar refractivity (Wildman–Crippen MR) is 97.8 cm³/mol. The number of benzene rings is 2. The van der Waals surface area contributed by atoms with E-state index in [9.17, 15) is 0 Å². The Hall–Kier alpha value is -1.69. The molecule has 0 aromatic heterocycles. The van der Waals surface area contributed by atoms with Crippen molar-refractivity contribution in [3.63, 3.8) is 0 Å². The van der Waals surface area contributed by atoms with E-state index in [1.54, 1.807) is 11.8 Å². The lowest BCUT2D eigenvalue weighted by atomic mass is 10.2. The first-order chi connectivity index (χ1) is 10.0. The lowest BCUT2D eigenvalue weighted by Crippen LogP contribution is -2.16. The molecule has 0 heterocycles. The fraction of sp³-hybridized carbons (Fsp3) is 0.158. The van der Waals surface area contributed by atoms with Gasteiger partial charge >= 0.3 is 0 Å². The van der Waals surface area contributed by atoms with Gasteiger partial charge in [-0.1, -0.05) is 85.9 Å². The molecule has 0 aliphatic rings. The van der Waals surface area contributed by atoms with E-state index in [0.29, 0.717) is 0 Å². The number of hydrogen-bond donors (Lipinski definition) is 0. The van der Waals surface area contributed by atoms with Crippen LogP contribution in [0.25, 0.3) is 6.08 Å². The Bertz CT molecular complexity index is 655. The molecule has 0 aliphatic heterocycles. The monoisotopic (exact) mass is 308 g/mol. The lowest BCUT2D eigenvalue weighted by Gasteiger charge is -2.05. The van der Waals surface area contributed by atoms with Gasteiger partial charge in [0.15, 0.2) is 0 Å². The Balaban J connectivity index is 2.30. The minimum Gasteiger partial charge on any atom is -0.126 e. The zero-order valence-electron chi connectivity index (χ0n) is 12.8. The van der Waals surface area contributed by atoms with Crippen LogP contribution in [0.3, 0.4) is 0 Å². The SMILES string of the molecule is C[Si](C)(C)C#C/C(=C\c1ccccc1)Sc1ccccc1. The average molecular weight is 309 g/mol. The molecule has 0 amide bonds. The summed E-state index contributed by atoms with van der Waals surface area (Å²) in [6, 6.07) is 20.8. The Labute approximate surface area is 133 Å². The van der Waals surface area contributed by atoms with E-state index in [2.05, 4.69) is 85.7 Å². The first kappa shape index (κ1) is 15.7. The van der Waals surface area contributed by atoms with Crippen molar-refractivity contribution in [1.82, 2.24) is 0 Å². The van der Waals surface area contributed by atoms with Gasteiger partial charge in [0.1, 0.15) is 8.07 Å². The van der Waals surface area contributed by atoms with Crippen LogP contribution in [0.2, 0.25) is 19.6 Å². The van der Waals surface area contributed by atoms with Crippen molar-refractivity contribution in [2.45, 2.75) is 24.5 Å². The summed E-state index contributed by atoms with van der Waals surface area (Å²) >= 11 is 1.73. The third-order valence-electron chi connectivity index (χ3n) is 2.63. The second-order valence-corrected chi connectivity index (χ2v) is 11.7. The van der Waals surface area contributed by atoms with Crippen LogP contribution in [0, 0.1) is 11.5 Å². The van der Waals surface area contributed by atoms with Crippen LogP contribution in [-0.4, -0.2) is 8.07 Å². The summed E-state index contributed by atoms with van der Waals surface area (Å²) in [4.78, 5) is 2.33. The maximum Gasteiger partial charge on any atom is 0.129 e. The van der Waals surface area contributed by atoms with E-state index in [4.69, 9.17) is 0 Å². The van der Waals surface area contributed by atoms with Gasteiger partial charge in [0.25, 0.3) is 0 Å². The van der Waals surface area contributed by atoms with E-state index >= 15 is 0 Å². The molecule has 0 fully saturated rings. The fourth-order valence-corrected chi connectivity index (χ4v) is 3.10. The van der Waals surface area contributed by atoms with Gasteiger partial charge in [-0.2, -0.15) is 0 Å². The summed E-state index contributed by atoms with van der Waals surface area (Å²) in [6.07, 6.45) is 2.17. The van der Waals surface area contributed by atoms with Crippen LogP contribution < -0.4 is 0 Å². The minimum absolute atomic E-state index is 1.11. The number of rotatable bonds is 3. The van der Waals surface area contributed by atoms with Crippen molar-refractivity contribution in [2.75, 3.05) is 0 Å². The summed E-state index contributed by atoms with van der Waals surface area (Å²) in [5.41, 5.74) is 4.66. The first-order valence-electron chi connectivity index (χ1n) is 7.06. The third kappa shape index (κ3) is 6.08. The second-order valence-electron chi connectivity index (χ2n) is 5.83. The van der Waals surface area contributed by atoms with Gasteiger partial charge in [-0.15, -0.1) is 5.54 Å². The highest BCUT2D eigenvalue weighted by molar-refractivity contribution is 8.03. The maximum atomic E-state index is 3.46. The van der Waals surface area contributed by atoms with E-state index in [0.717, 1.165) is 4.91 Å². The van der Waals surface area contributed by atoms with Crippen LogP contribution in [0.5, 0.6) is 0 Å². The van der Waals surface area contributed by atoms with Gasteiger partial charge in [-0.05, 0) is 23.8 Å². The quantitative estimate of drug-likeness (QED) is 0.398. The molecule has 0 nitrogen and oxygen atoms in total. The Morgan fingerprint density at radius 2 is 1.48 bits per heavy atom. The van der Waals surface area contributed by atoms with Crippen molar-refractivity contribution in [3.05, 3.63) is 71.1 Å². The number of thioether (sulfide) groups is 1. The van der Waals surface area contributed by atoms with Gasteiger partial charge in [0.05, 0.1) is 4.91 Å². The highest BCUT2D eigenvalue weighted by atomic mass is 32.2. The highest BCUT2D eigenvalue weighted by Gasteiger charge is 2.08. The Morgan fingerprint density at radius 3 is 2.05 bits per heavy atom. The second kappa shape index (κ2) is 7.35. The van der Waals surface area contributed by atoms with E-state index in [1.807, 2.05) is 12.1 Å². The molecule has 0 atom stereocenters. The first-order valence-corrected chi connectivity index (χ1v) is 11.4. The van der Waals surface area contributed by atoms with Crippen molar-refractivity contribution in [3.8, 4) is 11.5 Å². The van der Waals surface area contributed by atoms with Crippen molar-refractivity contribution in [2.24, 2.45) is 0 Å². The summed E-state index contributed by atoms with van der Waals surface area (Å²) in [6.45, 7) is 6.81. The minimum atomic E-state index is -1.37. The smallest absolute Gasteiger partial charge is 0.126 e. The van der Waals surface area contributed by atoms with Crippen LogP contribution in [0.1, 0.15) is 5.56 Å². The summed E-state index contributed by atoms with van der Waals surface area (Å²) in [5, 5.41) is 0.